The van der Waals surface area contributed by atoms with Crippen molar-refractivity contribution in [3.8, 4) is 11.3 Å². The first-order chi connectivity index (χ1) is 22.0. The van der Waals surface area contributed by atoms with E-state index >= 15 is 0 Å². The van der Waals surface area contributed by atoms with Crippen molar-refractivity contribution in [3.63, 3.8) is 0 Å². The predicted octanol–water partition coefficient (Wildman–Crippen LogP) is 6.51. The minimum Gasteiger partial charge on any atom is -0.454 e. The Morgan fingerprint density at radius 1 is 1.00 bits per heavy atom. The number of fused-ring (bicyclic) bond motifs is 6. The molecule has 11 heteroatoms. The molecule has 10 nitrogen and oxygen atoms in total. The third-order valence-corrected chi connectivity index (χ3v) is 9.83. The molecule has 0 N–H and O–H groups in total. The lowest BCUT2D eigenvalue weighted by atomic mass is 9.82. The molecule has 1 aliphatic heterocycles. The molecule has 2 heterocycles. The number of halogens is 1. The fourth-order valence-corrected chi connectivity index (χ4v) is 7.24. The maximum Gasteiger partial charge on any atom is 0.339 e. The van der Waals surface area contributed by atoms with Crippen LogP contribution in [0.1, 0.15) is 39.6 Å². The summed E-state index contributed by atoms with van der Waals surface area (Å²) in [5, 5.41) is 11.9. The van der Waals surface area contributed by atoms with Crippen molar-refractivity contribution in [2.75, 3.05) is 11.5 Å². The van der Waals surface area contributed by atoms with Gasteiger partial charge >= 0.3 is 5.97 Å². The monoisotopic (exact) mass is 635 g/mol. The van der Waals surface area contributed by atoms with E-state index in [0.29, 0.717) is 38.4 Å². The number of carbonyl (C=O) groups excluding carboxylic acids is 4. The van der Waals surface area contributed by atoms with Gasteiger partial charge < -0.3 is 4.74 Å². The van der Waals surface area contributed by atoms with Gasteiger partial charge in [-0.1, -0.05) is 41.4 Å². The highest BCUT2D eigenvalue weighted by Gasteiger charge is 2.60. The third kappa shape index (κ3) is 4.68. The van der Waals surface area contributed by atoms with Crippen molar-refractivity contribution >= 4 is 57.4 Å². The van der Waals surface area contributed by atoms with Crippen LogP contribution in [0.2, 0.25) is 5.02 Å². The van der Waals surface area contributed by atoms with Gasteiger partial charge in [-0.2, -0.15) is 0 Å². The molecule has 2 bridgehead atoms. The predicted molar refractivity (Wildman–Crippen MR) is 169 cm³/mol. The van der Waals surface area contributed by atoms with Crippen molar-refractivity contribution in [1.82, 2.24) is 4.98 Å². The van der Waals surface area contributed by atoms with Crippen molar-refractivity contribution in [1.29, 1.82) is 0 Å². The summed E-state index contributed by atoms with van der Waals surface area (Å²) in [6.07, 6.45) is 3.00. The van der Waals surface area contributed by atoms with E-state index < -0.39 is 23.3 Å². The average Bonchev–Trinajstić information content (AvgIpc) is 3.70. The number of hydrogen-bond acceptors (Lipinski definition) is 8. The van der Waals surface area contributed by atoms with Gasteiger partial charge in [0.1, 0.15) is 0 Å². The van der Waals surface area contributed by atoms with E-state index in [9.17, 15) is 29.3 Å². The van der Waals surface area contributed by atoms with E-state index in [2.05, 4.69) is 6.08 Å². The number of pyridine rings is 1. The number of allylic oxidation sites excluding steroid dienone is 2. The van der Waals surface area contributed by atoms with Gasteiger partial charge in [-0.25, -0.2) is 9.78 Å². The van der Waals surface area contributed by atoms with Crippen LogP contribution < -0.4 is 4.90 Å². The summed E-state index contributed by atoms with van der Waals surface area (Å²) in [5.74, 6) is -2.00. The Hall–Kier alpha value is -5.22. The number of esters is 1. The van der Waals surface area contributed by atoms with Gasteiger partial charge in [0.15, 0.2) is 12.4 Å². The molecule has 230 valence electrons. The Bertz CT molecular complexity index is 2040. The molecule has 3 aliphatic rings. The van der Waals surface area contributed by atoms with E-state index in [0.717, 1.165) is 6.42 Å². The molecule has 4 unspecified atom stereocenters. The highest BCUT2D eigenvalue weighted by Crippen LogP contribution is 2.56. The summed E-state index contributed by atoms with van der Waals surface area (Å²) in [4.78, 5) is 69.3. The standard InChI is InChI=1S/C35H26ClN3O7/c1-17-13-21-14-25(17)31-30(21)33(41)38(34(31)42)22-7-3-19(4-8-22)28-15-26(24-11-12-27(36)18(2)32(24)37-28)35(43)46-16-29(40)20-5-9-23(10-6-20)39(44)45/h3-13,15,21,25,30-31H,14,16H2,1-2H3. The zero-order valence-electron chi connectivity index (χ0n) is 24.7. The number of aryl methyl sites for hydroxylation is 1. The molecule has 0 radical (unpaired) electrons. The van der Waals surface area contributed by atoms with Crippen LogP contribution in [0, 0.1) is 40.7 Å². The fraction of sp³-hybridized carbons (Fsp3) is 0.229. The topological polar surface area (TPSA) is 137 Å². The lowest BCUT2D eigenvalue weighted by Crippen LogP contribution is -2.32. The van der Waals surface area contributed by atoms with E-state index in [-0.39, 0.29) is 52.3 Å². The van der Waals surface area contributed by atoms with Crippen LogP contribution in [-0.2, 0) is 14.3 Å². The number of benzene rings is 3. The first kappa shape index (κ1) is 29.5. The van der Waals surface area contributed by atoms with Gasteiger partial charge in [-0.3, -0.25) is 29.4 Å². The second-order valence-electron chi connectivity index (χ2n) is 12.0. The number of rotatable bonds is 7. The summed E-state index contributed by atoms with van der Waals surface area (Å²) >= 11 is 6.40. The van der Waals surface area contributed by atoms with Gasteiger partial charge in [0.05, 0.1) is 39.2 Å². The Kier molecular flexibility index (Phi) is 7.05. The lowest BCUT2D eigenvalue weighted by Gasteiger charge is -2.19. The van der Waals surface area contributed by atoms with E-state index in [1.54, 1.807) is 49.4 Å². The summed E-state index contributed by atoms with van der Waals surface area (Å²) in [5.41, 5.74) is 4.00. The molecule has 1 saturated carbocycles. The number of aromatic nitrogens is 1. The molecule has 4 atom stereocenters. The summed E-state index contributed by atoms with van der Waals surface area (Å²) in [6, 6.07) is 16.8. The number of nitrogens with zero attached hydrogens (tertiary/aromatic N) is 3. The minimum atomic E-state index is -0.763. The summed E-state index contributed by atoms with van der Waals surface area (Å²) in [6.45, 7) is 3.24. The highest BCUT2D eigenvalue weighted by atomic mass is 35.5. The van der Waals surface area contributed by atoms with Crippen molar-refractivity contribution < 1.29 is 28.8 Å². The number of anilines is 1. The van der Waals surface area contributed by atoms with Crippen LogP contribution in [0.5, 0.6) is 0 Å². The maximum atomic E-state index is 13.4. The number of imide groups is 1. The van der Waals surface area contributed by atoms with Crippen LogP contribution in [0.3, 0.4) is 0 Å². The highest BCUT2D eigenvalue weighted by molar-refractivity contribution is 6.32. The van der Waals surface area contributed by atoms with Crippen LogP contribution in [0.25, 0.3) is 22.2 Å². The van der Waals surface area contributed by atoms with Crippen LogP contribution >= 0.6 is 11.6 Å². The minimum absolute atomic E-state index is 0.107. The zero-order valence-corrected chi connectivity index (χ0v) is 25.5. The SMILES string of the molecule is CC1=CC2CC1C1C(=O)N(c3ccc(-c4cc(C(=O)OCC(=O)c5ccc([N+](=O)[O-])cc5)c5ccc(Cl)c(C)c5n4)cc3)C(=O)C21. The smallest absolute Gasteiger partial charge is 0.339 e. The molecule has 46 heavy (non-hydrogen) atoms. The maximum absolute atomic E-state index is 13.4. The number of carbonyl (C=O) groups is 4. The number of Topliss-reactive ketones (excluding diaryl/α,β-unsaturated/α-hetero) is 1. The van der Waals surface area contributed by atoms with E-state index in [1.165, 1.54) is 34.7 Å². The molecule has 4 aromatic rings. The Labute approximate surface area is 267 Å². The number of nitro groups is 1. The molecule has 2 fully saturated rings. The third-order valence-electron chi connectivity index (χ3n) is 9.42. The van der Waals surface area contributed by atoms with Crippen LogP contribution in [-0.4, -0.2) is 40.1 Å². The fourth-order valence-electron chi connectivity index (χ4n) is 7.09. The number of ketones is 1. The van der Waals surface area contributed by atoms with E-state index in [4.69, 9.17) is 21.3 Å². The summed E-state index contributed by atoms with van der Waals surface area (Å²) < 4.78 is 5.40. The van der Waals surface area contributed by atoms with E-state index in [1.807, 2.05) is 6.92 Å². The molecule has 0 spiro atoms. The van der Waals surface area contributed by atoms with Gasteiger partial charge in [0.25, 0.3) is 5.69 Å². The molecular formula is C35H26ClN3O7. The molecule has 1 saturated heterocycles. The Morgan fingerprint density at radius 2 is 1.70 bits per heavy atom. The number of hydrogen-bond donors (Lipinski definition) is 0. The first-order valence-corrected chi connectivity index (χ1v) is 15.1. The quantitative estimate of drug-likeness (QED) is 0.0559. The first-order valence-electron chi connectivity index (χ1n) is 14.7. The van der Waals surface area contributed by atoms with Gasteiger partial charge in [-0.05, 0) is 74.1 Å². The van der Waals surface area contributed by atoms with Crippen molar-refractivity contribution in [2.45, 2.75) is 20.3 Å². The summed E-state index contributed by atoms with van der Waals surface area (Å²) in [7, 11) is 0. The van der Waals surface area contributed by atoms with Crippen LogP contribution in [0.4, 0.5) is 11.4 Å². The molecular weight excluding hydrogens is 610 g/mol. The Balaban J connectivity index is 1.16. The lowest BCUT2D eigenvalue weighted by molar-refractivity contribution is -0.384. The normalized spacial score (nSPS) is 21.5. The van der Waals surface area contributed by atoms with Gasteiger partial charge in [0.2, 0.25) is 11.8 Å². The molecule has 7 rings (SSSR count). The number of amides is 2. The van der Waals surface area contributed by atoms with Crippen LogP contribution in [0.15, 0.2) is 78.4 Å². The number of nitro benzene ring substituents is 1. The van der Waals surface area contributed by atoms with Gasteiger partial charge in [0, 0.05) is 33.7 Å². The second-order valence-corrected chi connectivity index (χ2v) is 12.4. The zero-order chi connectivity index (χ0) is 32.4. The largest absolute Gasteiger partial charge is 0.454 e. The Morgan fingerprint density at radius 3 is 2.39 bits per heavy atom. The average molecular weight is 636 g/mol. The molecule has 2 amide bonds. The molecule has 2 aliphatic carbocycles. The van der Waals surface area contributed by atoms with Crippen molar-refractivity contribution in [2.24, 2.45) is 23.7 Å². The van der Waals surface area contributed by atoms with Gasteiger partial charge in [-0.15, -0.1) is 0 Å². The number of ether oxygens (including phenoxy) is 1. The molecule has 3 aromatic carbocycles. The molecule has 1 aromatic heterocycles. The van der Waals surface area contributed by atoms with Crippen molar-refractivity contribution in [3.05, 3.63) is 110 Å². The number of non-ortho nitro benzene ring substituents is 1. The second kappa shape index (κ2) is 11.0.